The molecule has 2 N–H and O–H groups in total. The number of halogens is 2. The molecule has 1 unspecified atom stereocenters. The van der Waals surface area contributed by atoms with Gasteiger partial charge in [0, 0.05) is 11.0 Å². The third kappa shape index (κ3) is 3.31. The van der Waals surface area contributed by atoms with Gasteiger partial charge in [-0.05, 0) is 39.7 Å². The van der Waals surface area contributed by atoms with Crippen molar-refractivity contribution in [1.29, 1.82) is 0 Å². The van der Waals surface area contributed by atoms with Gasteiger partial charge >= 0.3 is 0 Å². The molecule has 0 saturated carbocycles. The molecule has 0 aliphatic heterocycles. The molecule has 0 aliphatic rings. The fourth-order valence-corrected chi connectivity index (χ4v) is 2.02. The standard InChI is InChI=1S/C14H13BrFNO/c15-12-7-6-11(16)8-13(12)17-9-14(18)10-4-2-1-3-5-10/h1-8,14,17-18H,9H2. The van der Waals surface area contributed by atoms with Crippen LogP contribution in [0.15, 0.2) is 53.0 Å². The molecule has 0 amide bonds. The average Bonchev–Trinajstić information content (AvgIpc) is 2.40. The number of hydrogen-bond acceptors (Lipinski definition) is 2. The van der Waals surface area contributed by atoms with Crippen molar-refractivity contribution in [1.82, 2.24) is 0 Å². The summed E-state index contributed by atoms with van der Waals surface area (Å²) in [5, 5.41) is 13.0. The Kier molecular flexibility index (Phi) is 4.33. The number of hydrogen-bond donors (Lipinski definition) is 2. The summed E-state index contributed by atoms with van der Waals surface area (Å²) >= 11 is 3.33. The van der Waals surface area contributed by atoms with Crippen LogP contribution in [0.2, 0.25) is 0 Å². The van der Waals surface area contributed by atoms with Crippen LogP contribution in [0.3, 0.4) is 0 Å². The fraction of sp³-hybridized carbons (Fsp3) is 0.143. The second kappa shape index (κ2) is 5.98. The molecule has 2 aromatic rings. The van der Waals surface area contributed by atoms with E-state index >= 15 is 0 Å². The Bertz CT molecular complexity index is 518. The van der Waals surface area contributed by atoms with Gasteiger partial charge in [-0.3, -0.25) is 0 Å². The largest absolute Gasteiger partial charge is 0.387 e. The molecule has 2 rings (SSSR count). The summed E-state index contributed by atoms with van der Waals surface area (Å²) in [6.07, 6.45) is -0.624. The van der Waals surface area contributed by atoms with Crippen LogP contribution in [-0.2, 0) is 0 Å². The maximum Gasteiger partial charge on any atom is 0.125 e. The van der Waals surface area contributed by atoms with Gasteiger partial charge in [0.15, 0.2) is 0 Å². The molecule has 1 atom stereocenters. The van der Waals surface area contributed by atoms with Crippen LogP contribution in [-0.4, -0.2) is 11.7 Å². The van der Waals surface area contributed by atoms with Crippen LogP contribution in [0.1, 0.15) is 11.7 Å². The second-order valence-corrected chi connectivity index (χ2v) is 4.79. The summed E-state index contributed by atoms with van der Waals surface area (Å²) in [5.74, 6) is -0.310. The van der Waals surface area contributed by atoms with Crippen LogP contribution in [0.25, 0.3) is 0 Å². The summed E-state index contributed by atoms with van der Waals surface area (Å²) in [7, 11) is 0. The van der Waals surface area contributed by atoms with E-state index in [1.165, 1.54) is 12.1 Å². The summed E-state index contributed by atoms with van der Waals surface area (Å²) < 4.78 is 13.8. The van der Waals surface area contributed by atoms with E-state index in [0.717, 1.165) is 10.0 Å². The molecular formula is C14H13BrFNO. The number of anilines is 1. The van der Waals surface area contributed by atoms with E-state index in [2.05, 4.69) is 21.2 Å². The Morgan fingerprint density at radius 1 is 1.17 bits per heavy atom. The fourth-order valence-electron chi connectivity index (χ4n) is 1.63. The van der Waals surface area contributed by atoms with Crippen molar-refractivity contribution in [3.8, 4) is 0 Å². The van der Waals surface area contributed by atoms with Crippen LogP contribution in [0.4, 0.5) is 10.1 Å². The van der Waals surface area contributed by atoms with E-state index in [4.69, 9.17) is 0 Å². The van der Waals surface area contributed by atoms with Gasteiger partial charge in [-0.1, -0.05) is 30.3 Å². The molecule has 0 aliphatic carbocycles. The van der Waals surface area contributed by atoms with Crippen LogP contribution in [0, 0.1) is 5.82 Å². The molecule has 0 saturated heterocycles. The monoisotopic (exact) mass is 309 g/mol. The normalized spacial score (nSPS) is 12.2. The van der Waals surface area contributed by atoms with Crippen molar-refractivity contribution >= 4 is 21.6 Å². The zero-order valence-electron chi connectivity index (χ0n) is 9.61. The van der Waals surface area contributed by atoms with E-state index in [9.17, 15) is 9.50 Å². The maximum atomic E-state index is 13.1. The molecule has 0 radical (unpaired) electrons. The number of benzene rings is 2. The first-order chi connectivity index (χ1) is 8.66. The lowest BCUT2D eigenvalue weighted by Crippen LogP contribution is -2.12. The molecule has 0 fully saturated rings. The van der Waals surface area contributed by atoms with Gasteiger partial charge in [-0.25, -0.2) is 4.39 Å². The van der Waals surface area contributed by atoms with Crippen molar-refractivity contribution in [2.45, 2.75) is 6.10 Å². The zero-order valence-corrected chi connectivity index (χ0v) is 11.2. The predicted molar refractivity (Wildman–Crippen MR) is 74.0 cm³/mol. The molecular weight excluding hydrogens is 297 g/mol. The second-order valence-electron chi connectivity index (χ2n) is 3.93. The highest BCUT2D eigenvalue weighted by Crippen LogP contribution is 2.24. The lowest BCUT2D eigenvalue weighted by molar-refractivity contribution is 0.191. The Morgan fingerprint density at radius 2 is 1.89 bits per heavy atom. The smallest absolute Gasteiger partial charge is 0.125 e. The summed E-state index contributed by atoms with van der Waals surface area (Å²) in [5.41, 5.74) is 1.46. The topological polar surface area (TPSA) is 32.3 Å². The molecule has 18 heavy (non-hydrogen) atoms. The van der Waals surface area contributed by atoms with Gasteiger partial charge in [-0.2, -0.15) is 0 Å². The molecule has 2 nitrogen and oxygen atoms in total. The van der Waals surface area contributed by atoms with Gasteiger partial charge in [-0.15, -0.1) is 0 Å². The lowest BCUT2D eigenvalue weighted by Gasteiger charge is -2.14. The predicted octanol–water partition coefficient (Wildman–Crippen LogP) is 3.73. The highest BCUT2D eigenvalue weighted by Gasteiger charge is 2.08. The summed E-state index contributed by atoms with van der Waals surface area (Å²) in [6.45, 7) is 0.325. The maximum absolute atomic E-state index is 13.1. The molecule has 0 bridgehead atoms. The van der Waals surface area contributed by atoms with Gasteiger partial charge in [0.05, 0.1) is 11.8 Å². The van der Waals surface area contributed by atoms with E-state index < -0.39 is 6.10 Å². The Labute approximate surface area is 114 Å². The van der Waals surface area contributed by atoms with Crippen molar-refractivity contribution < 1.29 is 9.50 Å². The minimum Gasteiger partial charge on any atom is -0.387 e. The van der Waals surface area contributed by atoms with E-state index in [1.807, 2.05) is 30.3 Å². The van der Waals surface area contributed by atoms with Crippen molar-refractivity contribution in [3.05, 3.63) is 64.4 Å². The van der Waals surface area contributed by atoms with E-state index in [0.29, 0.717) is 12.2 Å². The van der Waals surface area contributed by atoms with E-state index in [-0.39, 0.29) is 5.82 Å². The Balaban J connectivity index is 2.01. The highest BCUT2D eigenvalue weighted by atomic mass is 79.9. The van der Waals surface area contributed by atoms with Crippen LogP contribution >= 0.6 is 15.9 Å². The number of aliphatic hydroxyl groups is 1. The highest BCUT2D eigenvalue weighted by molar-refractivity contribution is 9.10. The summed E-state index contributed by atoms with van der Waals surface area (Å²) in [4.78, 5) is 0. The quantitative estimate of drug-likeness (QED) is 0.902. The zero-order chi connectivity index (χ0) is 13.0. The first-order valence-electron chi connectivity index (χ1n) is 5.59. The van der Waals surface area contributed by atoms with Gasteiger partial charge in [0.25, 0.3) is 0 Å². The molecule has 0 heterocycles. The lowest BCUT2D eigenvalue weighted by atomic mass is 10.1. The van der Waals surface area contributed by atoms with Gasteiger partial charge < -0.3 is 10.4 Å². The number of rotatable bonds is 4. The molecule has 4 heteroatoms. The minimum absolute atomic E-state index is 0.310. The van der Waals surface area contributed by atoms with Crippen molar-refractivity contribution in [2.24, 2.45) is 0 Å². The average molecular weight is 310 g/mol. The van der Waals surface area contributed by atoms with Crippen molar-refractivity contribution in [3.63, 3.8) is 0 Å². The van der Waals surface area contributed by atoms with Crippen molar-refractivity contribution in [2.75, 3.05) is 11.9 Å². The first-order valence-corrected chi connectivity index (χ1v) is 6.38. The number of nitrogens with one attached hydrogen (secondary N) is 1. The molecule has 0 aromatic heterocycles. The Hall–Kier alpha value is -1.39. The summed E-state index contributed by atoms with van der Waals surface area (Å²) in [6, 6.07) is 13.7. The van der Waals surface area contributed by atoms with Gasteiger partial charge in [0.1, 0.15) is 5.82 Å². The Morgan fingerprint density at radius 3 is 2.61 bits per heavy atom. The molecule has 2 aromatic carbocycles. The number of aliphatic hydroxyl groups excluding tert-OH is 1. The van der Waals surface area contributed by atoms with Gasteiger partial charge in [0.2, 0.25) is 0 Å². The first kappa shape index (κ1) is 13.1. The minimum atomic E-state index is -0.624. The van der Waals surface area contributed by atoms with Crippen LogP contribution in [0.5, 0.6) is 0 Å². The SMILES string of the molecule is OC(CNc1cc(F)ccc1Br)c1ccccc1. The van der Waals surface area contributed by atoms with Crippen LogP contribution < -0.4 is 5.32 Å². The third-order valence-electron chi connectivity index (χ3n) is 2.60. The molecule has 94 valence electrons. The molecule has 0 spiro atoms. The van der Waals surface area contributed by atoms with E-state index in [1.54, 1.807) is 6.07 Å². The third-order valence-corrected chi connectivity index (χ3v) is 3.29.